The molecule has 8 heteroatoms. The number of nitrogens with one attached hydrogen (secondary N) is 1. The van der Waals surface area contributed by atoms with Gasteiger partial charge in [0.1, 0.15) is 0 Å². The first-order valence-corrected chi connectivity index (χ1v) is 10.8. The molecule has 0 saturated carbocycles. The molecule has 2 heterocycles. The van der Waals surface area contributed by atoms with Gasteiger partial charge in [0.15, 0.2) is 6.61 Å². The molecular weight excluding hydrogens is 526 g/mol. The average molecular weight is 541 g/mol. The summed E-state index contributed by atoms with van der Waals surface area (Å²) in [5.41, 5.74) is 2.73. The molecule has 0 spiro atoms. The van der Waals surface area contributed by atoms with Crippen molar-refractivity contribution >= 4 is 60.3 Å². The van der Waals surface area contributed by atoms with Crippen molar-refractivity contribution in [3.63, 3.8) is 0 Å². The van der Waals surface area contributed by atoms with E-state index < -0.39 is 18.5 Å². The fourth-order valence-electron chi connectivity index (χ4n) is 2.98. The number of nitrogens with zero attached hydrogens (tertiary/aromatic N) is 2. The molecule has 2 aromatic heterocycles. The van der Waals surface area contributed by atoms with E-state index in [1.165, 1.54) is 0 Å². The molecule has 31 heavy (non-hydrogen) atoms. The number of hydrogen-bond acceptors (Lipinski definition) is 5. The van der Waals surface area contributed by atoms with Crippen molar-refractivity contribution in [2.45, 2.75) is 0 Å². The number of carbonyl (C=O) groups excluding carboxylic acids is 2. The topological polar surface area (TPSA) is 81.2 Å². The van der Waals surface area contributed by atoms with Gasteiger partial charge in [-0.2, -0.15) is 0 Å². The fourth-order valence-corrected chi connectivity index (χ4v) is 4.12. The van der Waals surface area contributed by atoms with Gasteiger partial charge in [0.05, 0.1) is 28.2 Å². The summed E-state index contributed by atoms with van der Waals surface area (Å²) < 4.78 is 6.88. The van der Waals surface area contributed by atoms with E-state index in [1.807, 2.05) is 42.5 Å². The number of benzene rings is 2. The Hall–Kier alpha value is -3.10. The number of rotatable bonds is 5. The molecule has 0 bridgehead atoms. The highest BCUT2D eigenvalue weighted by Crippen LogP contribution is 2.26. The highest BCUT2D eigenvalue weighted by Gasteiger charge is 2.17. The summed E-state index contributed by atoms with van der Waals surface area (Å²) in [4.78, 5) is 34.0. The van der Waals surface area contributed by atoms with Crippen molar-refractivity contribution in [1.82, 2.24) is 9.97 Å². The first-order valence-electron chi connectivity index (χ1n) is 9.24. The standard InChI is InChI=1S/C23H15Br2N3O3/c24-14-8-9-19(17(25)11-14)28-22(29)13-31-23(30)16-12-21(20-7-3-4-10-26-20)27-18-6-2-1-5-15(16)18/h1-12H,13H2,(H,28,29). The minimum absolute atomic E-state index is 0.323. The smallest absolute Gasteiger partial charge is 0.339 e. The zero-order valence-corrected chi connectivity index (χ0v) is 19.2. The van der Waals surface area contributed by atoms with Crippen molar-refractivity contribution in [1.29, 1.82) is 0 Å². The number of ether oxygens (including phenoxy) is 1. The zero-order chi connectivity index (χ0) is 21.8. The lowest BCUT2D eigenvalue weighted by Gasteiger charge is -2.11. The van der Waals surface area contributed by atoms with Gasteiger partial charge in [-0.1, -0.05) is 40.2 Å². The molecule has 0 atom stereocenters. The van der Waals surface area contributed by atoms with Crippen LogP contribution in [0.5, 0.6) is 0 Å². The number of halogens is 2. The zero-order valence-electron chi connectivity index (χ0n) is 16.0. The van der Waals surface area contributed by atoms with E-state index in [0.29, 0.717) is 38.0 Å². The third-order valence-electron chi connectivity index (χ3n) is 4.40. The van der Waals surface area contributed by atoms with Gasteiger partial charge in [-0.3, -0.25) is 9.78 Å². The number of amides is 1. The number of anilines is 1. The van der Waals surface area contributed by atoms with Gasteiger partial charge < -0.3 is 10.1 Å². The molecule has 0 aliphatic rings. The largest absolute Gasteiger partial charge is 0.452 e. The minimum atomic E-state index is -0.610. The summed E-state index contributed by atoms with van der Waals surface area (Å²) in [5.74, 6) is -1.06. The van der Waals surface area contributed by atoms with Crippen molar-refractivity contribution in [3.8, 4) is 11.4 Å². The van der Waals surface area contributed by atoms with Gasteiger partial charge in [-0.25, -0.2) is 9.78 Å². The molecule has 0 saturated heterocycles. The van der Waals surface area contributed by atoms with E-state index in [9.17, 15) is 9.59 Å². The van der Waals surface area contributed by atoms with Crippen LogP contribution in [0.15, 0.2) is 81.9 Å². The van der Waals surface area contributed by atoms with E-state index in [2.05, 4.69) is 47.1 Å². The predicted molar refractivity (Wildman–Crippen MR) is 126 cm³/mol. The second-order valence-electron chi connectivity index (χ2n) is 6.54. The van der Waals surface area contributed by atoms with Crippen LogP contribution in [0, 0.1) is 0 Å². The van der Waals surface area contributed by atoms with Crippen LogP contribution < -0.4 is 5.32 Å². The van der Waals surface area contributed by atoms with Crippen molar-refractivity contribution in [2.24, 2.45) is 0 Å². The van der Waals surface area contributed by atoms with Gasteiger partial charge in [0.25, 0.3) is 5.91 Å². The number of carbonyl (C=O) groups is 2. The van der Waals surface area contributed by atoms with Crippen molar-refractivity contribution in [3.05, 3.63) is 87.4 Å². The molecule has 0 radical (unpaired) electrons. The van der Waals surface area contributed by atoms with Gasteiger partial charge in [0.2, 0.25) is 0 Å². The quantitative estimate of drug-likeness (QED) is 0.332. The fraction of sp³-hybridized carbons (Fsp3) is 0.0435. The molecule has 4 aromatic rings. The van der Waals surface area contributed by atoms with Crippen LogP contribution in [0.3, 0.4) is 0 Å². The summed E-state index contributed by atoms with van der Waals surface area (Å²) in [6.45, 7) is -0.420. The van der Waals surface area contributed by atoms with Crippen LogP contribution in [-0.4, -0.2) is 28.5 Å². The lowest BCUT2D eigenvalue weighted by atomic mass is 10.1. The summed E-state index contributed by atoms with van der Waals surface area (Å²) in [6.07, 6.45) is 1.66. The van der Waals surface area contributed by atoms with Crippen molar-refractivity contribution in [2.75, 3.05) is 11.9 Å². The summed E-state index contributed by atoms with van der Waals surface area (Å²) in [6, 6.07) is 19.7. The van der Waals surface area contributed by atoms with Crippen LogP contribution in [0.1, 0.15) is 10.4 Å². The molecule has 1 amide bonds. The Kier molecular flexibility index (Phi) is 6.39. The molecular formula is C23H15Br2N3O3. The van der Waals surface area contributed by atoms with Crippen molar-refractivity contribution < 1.29 is 14.3 Å². The Morgan fingerprint density at radius 2 is 1.74 bits per heavy atom. The lowest BCUT2D eigenvalue weighted by Crippen LogP contribution is -2.21. The molecule has 6 nitrogen and oxygen atoms in total. The number of fused-ring (bicyclic) bond motifs is 1. The minimum Gasteiger partial charge on any atom is -0.452 e. The number of hydrogen-bond donors (Lipinski definition) is 1. The maximum Gasteiger partial charge on any atom is 0.339 e. The first-order chi connectivity index (χ1) is 15.0. The highest BCUT2D eigenvalue weighted by atomic mass is 79.9. The Morgan fingerprint density at radius 3 is 2.52 bits per heavy atom. The molecule has 154 valence electrons. The molecule has 1 N–H and O–H groups in total. The summed E-state index contributed by atoms with van der Waals surface area (Å²) in [5, 5.41) is 3.35. The second-order valence-corrected chi connectivity index (χ2v) is 8.31. The van der Waals surface area contributed by atoms with Crippen LogP contribution in [0.25, 0.3) is 22.3 Å². The Balaban J connectivity index is 1.55. The average Bonchev–Trinajstić information content (AvgIpc) is 2.79. The monoisotopic (exact) mass is 539 g/mol. The van der Waals surface area contributed by atoms with E-state index in [0.717, 1.165) is 4.47 Å². The highest BCUT2D eigenvalue weighted by molar-refractivity contribution is 9.11. The van der Waals surface area contributed by atoms with Gasteiger partial charge >= 0.3 is 5.97 Å². The van der Waals surface area contributed by atoms with Crippen LogP contribution in [-0.2, 0) is 9.53 Å². The van der Waals surface area contributed by atoms with Crippen LogP contribution >= 0.6 is 31.9 Å². The number of esters is 1. The SMILES string of the molecule is O=C(COC(=O)c1cc(-c2ccccn2)nc2ccccc12)Nc1ccc(Br)cc1Br. The van der Waals surface area contributed by atoms with E-state index in [1.54, 1.807) is 30.5 Å². The molecule has 0 unspecified atom stereocenters. The van der Waals surface area contributed by atoms with E-state index >= 15 is 0 Å². The number of aromatic nitrogens is 2. The molecule has 4 rings (SSSR count). The third-order valence-corrected chi connectivity index (χ3v) is 5.55. The van der Waals surface area contributed by atoms with E-state index in [-0.39, 0.29) is 0 Å². The number of para-hydroxylation sites is 1. The van der Waals surface area contributed by atoms with Gasteiger partial charge in [0, 0.05) is 20.5 Å². The molecule has 0 fully saturated rings. The molecule has 0 aliphatic carbocycles. The molecule has 0 aliphatic heterocycles. The van der Waals surface area contributed by atoms with E-state index in [4.69, 9.17) is 4.74 Å². The second kappa shape index (κ2) is 9.36. The first kappa shape index (κ1) is 21.1. The summed E-state index contributed by atoms with van der Waals surface area (Å²) in [7, 11) is 0. The summed E-state index contributed by atoms with van der Waals surface area (Å²) >= 11 is 6.74. The third kappa shape index (κ3) is 4.98. The Morgan fingerprint density at radius 1 is 0.935 bits per heavy atom. The lowest BCUT2D eigenvalue weighted by molar-refractivity contribution is -0.119. The Bertz CT molecular complexity index is 1280. The maximum atomic E-state index is 12.8. The van der Waals surface area contributed by atoms with Gasteiger partial charge in [-0.15, -0.1) is 0 Å². The van der Waals surface area contributed by atoms with Gasteiger partial charge in [-0.05, 0) is 58.4 Å². The Labute approximate surface area is 194 Å². The molecule has 2 aromatic carbocycles. The van der Waals surface area contributed by atoms with Crippen LogP contribution in [0.2, 0.25) is 0 Å². The maximum absolute atomic E-state index is 12.8. The van der Waals surface area contributed by atoms with Crippen LogP contribution in [0.4, 0.5) is 5.69 Å². The predicted octanol–water partition coefficient (Wildman–Crippen LogP) is 5.62. The normalized spacial score (nSPS) is 10.6. The number of pyridine rings is 2.